The van der Waals surface area contributed by atoms with Gasteiger partial charge in [-0.1, -0.05) is 26.2 Å². The molecule has 128 valence electrons. The van der Waals surface area contributed by atoms with Gasteiger partial charge in [0.2, 0.25) is 5.91 Å². The van der Waals surface area contributed by atoms with E-state index in [2.05, 4.69) is 17.1 Å². The summed E-state index contributed by atoms with van der Waals surface area (Å²) in [7, 11) is 1.76. The van der Waals surface area contributed by atoms with E-state index in [1.54, 1.807) is 7.11 Å². The molecule has 2 aliphatic rings. The van der Waals surface area contributed by atoms with Crippen LogP contribution in [0.15, 0.2) is 0 Å². The summed E-state index contributed by atoms with van der Waals surface area (Å²) >= 11 is 0. The Kier molecular flexibility index (Phi) is 7.16. The van der Waals surface area contributed by atoms with Gasteiger partial charge in [-0.15, -0.1) is 0 Å². The number of likely N-dealkylation sites (tertiary alicyclic amines) is 1. The molecule has 0 aromatic heterocycles. The van der Waals surface area contributed by atoms with Crippen molar-refractivity contribution in [3.63, 3.8) is 0 Å². The van der Waals surface area contributed by atoms with E-state index in [0.717, 1.165) is 38.8 Å². The second-order valence-corrected chi connectivity index (χ2v) is 7.37. The standard InChI is InChI=1S/C18H34N2O2/c1-3-10-20-14-18(15-20)12-16(13-18)17(21)19-9-7-5-4-6-8-11-22-2/h16H,3-15H2,1-2H3,(H,19,21). The highest BCUT2D eigenvalue weighted by Gasteiger charge is 2.53. The second kappa shape index (κ2) is 8.88. The molecule has 0 radical (unpaired) electrons. The number of methoxy groups -OCH3 is 1. The van der Waals surface area contributed by atoms with Crippen LogP contribution in [-0.2, 0) is 9.53 Å². The topological polar surface area (TPSA) is 41.6 Å². The molecule has 0 atom stereocenters. The van der Waals surface area contributed by atoms with Gasteiger partial charge in [0.1, 0.15) is 0 Å². The molecule has 1 saturated carbocycles. The molecular formula is C18H34N2O2. The lowest BCUT2D eigenvalue weighted by Gasteiger charge is -2.58. The fourth-order valence-electron chi connectivity index (χ4n) is 4.06. The van der Waals surface area contributed by atoms with Gasteiger partial charge in [0.05, 0.1) is 0 Å². The van der Waals surface area contributed by atoms with Crippen molar-refractivity contribution in [3.8, 4) is 0 Å². The summed E-state index contributed by atoms with van der Waals surface area (Å²) in [6, 6.07) is 0. The largest absolute Gasteiger partial charge is 0.385 e. The van der Waals surface area contributed by atoms with Crippen molar-refractivity contribution in [3.05, 3.63) is 0 Å². The summed E-state index contributed by atoms with van der Waals surface area (Å²) in [5.41, 5.74) is 0.512. The van der Waals surface area contributed by atoms with Crippen LogP contribution in [0.1, 0.15) is 58.3 Å². The van der Waals surface area contributed by atoms with Gasteiger partial charge in [-0.3, -0.25) is 4.79 Å². The Balaban J connectivity index is 1.43. The van der Waals surface area contributed by atoms with Crippen molar-refractivity contribution in [2.45, 2.75) is 58.3 Å². The molecule has 0 unspecified atom stereocenters. The van der Waals surface area contributed by atoms with Crippen molar-refractivity contribution in [2.24, 2.45) is 11.3 Å². The molecule has 0 aromatic rings. The lowest BCUT2D eigenvalue weighted by molar-refractivity contribution is -0.144. The van der Waals surface area contributed by atoms with E-state index in [9.17, 15) is 4.79 Å². The molecule has 1 aliphatic carbocycles. The molecule has 2 rings (SSSR count). The third kappa shape index (κ3) is 4.95. The number of amides is 1. The first-order valence-corrected chi connectivity index (χ1v) is 9.18. The van der Waals surface area contributed by atoms with E-state index in [0.29, 0.717) is 17.2 Å². The number of carbonyl (C=O) groups is 1. The van der Waals surface area contributed by atoms with Crippen LogP contribution in [0.2, 0.25) is 0 Å². The first-order valence-electron chi connectivity index (χ1n) is 9.18. The van der Waals surface area contributed by atoms with Crippen LogP contribution in [0.5, 0.6) is 0 Å². The van der Waals surface area contributed by atoms with Gasteiger partial charge in [-0.2, -0.15) is 0 Å². The van der Waals surface area contributed by atoms with Gasteiger partial charge in [-0.25, -0.2) is 0 Å². The summed E-state index contributed by atoms with van der Waals surface area (Å²) in [4.78, 5) is 14.6. The van der Waals surface area contributed by atoms with Crippen molar-refractivity contribution in [1.29, 1.82) is 0 Å². The number of hydrogen-bond acceptors (Lipinski definition) is 3. The Hall–Kier alpha value is -0.610. The van der Waals surface area contributed by atoms with Gasteiger partial charge in [-0.05, 0) is 44.1 Å². The lowest BCUT2D eigenvalue weighted by atomic mass is 9.57. The maximum absolute atomic E-state index is 12.1. The minimum atomic E-state index is 0.297. The predicted octanol–water partition coefficient (Wildman–Crippen LogP) is 2.82. The van der Waals surface area contributed by atoms with E-state index in [1.165, 1.54) is 45.3 Å². The van der Waals surface area contributed by atoms with Crippen LogP contribution in [0.4, 0.5) is 0 Å². The molecule has 1 N–H and O–H groups in total. The van der Waals surface area contributed by atoms with E-state index in [4.69, 9.17) is 4.74 Å². The molecule has 1 aliphatic heterocycles. The number of rotatable bonds is 11. The third-order valence-corrected chi connectivity index (χ3v) is 5.21. The first kappa shape index (κ1) is 17.7. The maximum atomic E-state index is 12.1. The van der Waals surface area contributed by atoms with Crippen molar-refractivity contribution >= 4 is 5.91 Å². The van der Waals surface area contributed by atoms with E-state index >= 15 is 0 Å². The monoisotopic (exact) mass is 310 g/mol. The fourth-order valence-corrected chi connectivity index (χ4v) is 4.06. The average molecular weight is 310 g/mol. The Bertz CT molecular complexity index is 332. The molecule has 22 heavy (non-hydrogen) atoms. The van der Waals surface area contributed by atoms with Crippen LogP contribution in [0.25, 0.3) is 0 Å². The summed E-state index contributed by atoms with van der Waals surface area (Å²) < 4.78 is 5.04. The van der Waals surface area contributed by atoms with Gasteiger partial charge in [0, 0.05) is 39.3 Å². The number of ether oxygens (including phenoxy) is 1. The van der Waals surface area contributed by atoms with Crippen LogP contribution in [0, 0.1) is 11.3 Å². The summed E-state index contributed by atoms with van der Waals surface area (Å²) in [6.45, 7) is 7.64. The number of unbranched alkanes of at least 4 members (excludes halogenated alkanes) is 4. The molecule has 2 fully saturated rings. The lowest BCUT2D eigenvalue weighted by Crippen LogP contribution is -2.63. The van der Waals surface area contributed by atoms with Crippen LogP contribution < -0.4 is 5.32 Å². The Morgan fingerprint density at radius 2 is 1.86 bits per heavy atom. The minimum absolute atomic E-state index is 0.297. The zero-order valence-electron chi connectivity index (χ0n) is 14.5. The third-order valence-electron chi connectivity index (χ3n) is 5.21. The quantitative estimate of drug-likeness (QED) is 0.597. The Labute approximate surface area is 136 Å². The minimum Gasteiger partial charge on any atom is -0.385 e. The summed E-state index contributed by atoms with van der Waals surface area (Å²) in [6.07, 6.45) is 9.45. The van der Waals surface area contributed by atoms with Crippen molar-refractivity contribution < 1.29 is 9.53 Å². The molecule has 1 saturated heterocycles. The van der Waals surface area contributed by atoms with Gasteiger partial charge in [0.25, 0.3) is 0 Å². The average Bonchev–Trinajstić information content (AvgIpc) is 2.42. The fraction of sp³-hybridized carbons (Fsp3) is 0.944. The van der Waals surface area contributed by atoms with Gasteiger partial charge < -0.3 is 15.0 Å². The van der Waals surface area contributed by atoms with Crippen molar-refractivity contribution in [2.75, 3.05) is 39.9 Å². The van der Waals surface area contributed by atoms with Gasteiger partial charge >= 0.3 is 0 Å². The maximum Gasteiger partial charge on any atom is 0.223 e. The van der Waals surface area contributed by atoms with E-state index in [1.807, 2.05) is 0 Å². The Morgan fingerprint density at radius 3 is 2.55 bits per heavy atom. The molecule has 1 heterocycles. The first-order chi connectivity index (χ1) is 10.7. The summed E-state index contributed by atoms with van der Waals surface area (Å²) in [5.74, 6) is 0.601. The molecule has 0 bridgehead atoms. The van der Waals surface area contributed by atoms with Crippen molar-refractivity contribution in [1.82, 2.24) is 10.2 Å². The molecule has 4 nitrogen and oxygen atoms in total. The molecule has 1 amide bonds. The highest BCUT2D eigenvalue weighted by molar-refractivity contribution is 5.79. The molecule has 1 spiro atoms. The highest BCUT2D eigenvalue weighted by Crippen LogP contribution is 2.51. The second-order valence-electron chi connectivity index (χ2n) is 7.37. The predicted molar refractivity (Wildman–Crippen MR) is 89.9 cm³/mol. The van der Waals surface area contributed by atoms with Crippen LogP contribution >= 0.6 is 0 Å². The zero-order valence-corrected chi connectivity index (χ0v) is 14.5. The molecular weight excluding hydrogens is 276 g/mol. The molecule has 4 heteroatoms. The highest BCUT2D eigenvalue weighted by atomic mass is 16.5. The van der Waals surface area contributed by atoms with Crippen LogP contribution in [0.3, 0.4) is 0 Å². The zero-order chi connectivity index (χ0) is 15.8. The number of carbonyl (C=O) groups excluding carboxylic acids is 1. The normalized spacial score (nSPS) is 20.6. The summed E-state index contributed by atoms with van der Waals surface area (Å²) in [5, 5.41) is 3.13. The van der Waals surface area contributed by atoms with E-state index in [-0.39, 0.29) is 0 Å². The number of hydrogen-bond donors (Lipinski definition) is 1. The smallest absolute Gasteiger partial charge is 0.223 e. The number of nitrogens with zero attached hydrogens (tertiary/aromatic N) is 1. The SMILES string of the molecule is CCCN1CC2(CC(C(=O)NCCCCCCCOC)C2)C1. The Morgan fingerprint density at radius 1 is 1.18 bits per heavy atom. The van der Waals surface area contributed by atoms with Crippen LogP contribution in [-0.4, -0.2) is 50.7 Å². The van der Waals surface area contributed by atoms with Gasteiger partial charge in [0.15, 0.2) is 0 Å². The molecule has 0 aromatic carbocycles. The number of nitrogens with one attached hydrogen (secondary N) is 1. The van der Waals surface area contributed by atoms with E-state index < -0.39 is 0 Å².